The molecule has 4 saturated carbocycles. The quantitative estimate of drug-likeness (QED) is 0.0906. The van der Waals surface area contributed by atoms with Crippen LogP contribution < -0.4 is 16.4 Å². The van der Waals surface area contributed by atoms with Gasteiger partial charge in [-0.1, -0.05) is 50.4 Å². The summed E-state index contributed by atoms with van der Waals surface area (Å²) in [5.74, 6) is 10.0. The van der Waals surface area contributed by atoms with Gasteiger partial charge in [-0.05, 0) is 156 Å². The number of methoxy groups -OCH3 is 1. The maximum absolute atomic E-state index is 13.8. The molecule has 2 aliphatic heterocycles. The first-order valence-electron chi connectivity index (χ1n) is 24.1. The molecule has 10 heteroatoms. The maximum Gasteiger partial charge on any atom is 0.150 e. The summed E-state index contributed by atoms with van der Waals surface area (Å²) in [6, 6.07) is 0.342. The van der Waals surface area contributed by atoms with Crippen LogP contribution in [0.3, 0.4) is 0 Å². The average Bonchev–Trinajstić information content (AvgIpc) is 3.28. The fourth-order valence-corrected chi connectivity index (χ4v) is 13.6. The van der Waals surface area contributed by atoms with Gasteiger partial charge >= 0.3 is 0 Å². The van der Waals surface area contributed by atoms with E-state index in [9.17, 15) is 30.0 Å². The lowest BCUT2D eigenvalue weighted by atomic mass is 9.61. The maximum atomic E-state index is 13.8. The van der Waals surface area contributed by atoms with E-state index >= 15 is 0 Å². The molecule has 2 heterocycles. The summed E-state index contributed by atoms with van der Waals surface area (Å²) in [4.78, 5) is 25.7. The normalized spacial score (nSPS) is 41.8. The van der Waals surface area contributed by atoms with Crippen LogP contribution in [0.4, 0.5) is 0 Å². The fourth-order valence-electron chi connectivity index (χ4n) is 13.6. The van der Waals surface area contributed by atoms with Gasteiger partial charge in [-0.3, -0.25) is 9.59 Å². The summed E-state index contributed by atoms with van der Waals surface area (Å²) in [5.41, 5.74) is 6.46. The first kappa shape index (κ1) is 44.6. The number of ketones is 2. The lowest BCUT2D eigenvalue weighted by molar-refractivity contribution is -0.125. The molecule has 0 bridgehead atoms. The third kappa shape index (κ3) is 11.3. The summed E-state index contributed by atoms with van der Waals surface area (Å²) in [5, 5.41) is 53.6. The molecule has 9 unspecified atom stereocenters. The Balaban J connectivity index is 1.00. The second-order valence-electron chi connectivity index (χ2n) is 20.6. The van der Waals surface area contributed by atoms with Gasteiger partial charge in [0.15, 0.2) is 0 Å². The highest BCUT2D eigenvalue weighted by Gasteiger charge is 2.44. The summed E-state index contributed by atoms with van der Waals surface area (Å²) in [6.45, 7) is 1.83. The van der Waals surface area contributed by atoms with Gasteiger partial charge in [-0.25, -0.2) is 0 Å². The Morgan fingerprint density at radius 3 is 2.41 bits per heavy atom. The molecule has 0 aromatic carbocycles. The molecule has 6 fully saturated rings. The standard InChI is InChI=1S/C48H79N3O7/c1-58-47-23-34-14-17-43(54)38(42(53)9-5-2-6-29-20-36-12-15-37(52)25-41(36)51-28-29)16-13-33(40(34)27-46(47)57)22-44(55)45(56)26-39(35-18-19-50-48(49)24-35)32-11-10-30-7-3-4-8-31(30)21-32/h29-36,38-42,44-48,50-51,53,55-57H,2-12,14-15,17-28,49H2,1H3/t29-,30?,31?,32?,33+,34?,35?,36+,38-,39+,40?,41-,42-,44+,45-,46?,47?,48?/m1/s1. The van der Waals surface area contributed by atoms with Crippen molar-refractivity contribution in [3.05, 3.63) is 0 Å². The SMILES string of the molecule is COC1CC2CCC(=O)[C@@H]([C@H](O)CCCC[C@H]3CN[C@@H]4CC(=O)CC[C@H]4C3)C#C[C@@H](C[C@H](O)[C@H](O)C[C@H](C3CCNC(N)C3)C3CCC4CCCCC4C3)C2CC1O. The molecule has 0 amide bonds. The Kier molecular flexibility index (Phi) is 16.2. The second kappa shape index (κ2) is 21.1. The van der Waals surface area contributed by atoms with Crippen molar-refractivity contribution < 1.29 is 34.8 Å². The molecule has 7 rings (SSSR count). The number of ether oxygens (including phenoxy) is 1. The number of Topliss-reactive ketones (excluding diaryl/α,β-unsaturated/α-hetero) is 2. The topological polar surface area (TPSA) is 174 Å². The highest BCUT2D eigenvalue weighted by atomic mass is 16.5. The van der Waals surface area contributed by atoms with E-state index in [1.807, 2.05) is 0 Å². The van der Waals surface area contributed by atoms with Crippen LogP contribution >= 0.6 is 0 Å². The molecule has 0 spiro atoms. The van der Waals surface area contributed by atoms with Gasteiger partial charge in [0.2, 0.25) is 0 Å². The van der Waals surface area contributed by atoms with Gasteiger partial charge in [0.05, 0.1) is 36.7 Å². The smallest absolute Gasteiger partial charge is 0.150 e. The lowest BCUT2D eigenvalue weighted by Gasteiger charge is -2.46. The number of piperidine rings is 2. The molecule has 58 heavy (non-hydrogen) atoms. The highest BCUT2D eigenvalue weighted by Crippen LogP contribution is 2.49. The van der Waals surface area contributed by atoms with Gasteiger partial charge < -0.3 is 41.5 Å². The summed E-state index contributed by atoms with van der Waals surface area (Å²) < 4.78 is 5.69. The van der Waals surface area contributed by atoms with Crippen LogP contribution in [0.1, 0.15) is 148 Å². The lowest BCUT2D eigenvalue weighted by Crippen LogP contribution is -2.48. The molecular formula is C48H79N3O7. The zero-order valence-corrected chi connectivity index (χ0v) is 35.7. The van der Waals surface area contributed by atoms with E-state index in [0.29, 0.717) is 92.8 Å². The number of fused-ring (bicyclic) bond motifs is 3. The Hall–Kier alpha value is -1.42. The number of aliphatic hydroxyl groups excluding tert-OH is 4. The first-order valence-corrected chi connectivity index (χ1v) is 24.1. The minimum atomic E-state index is -0.986. The highest BCUT2D eigenvalue weighted by molar-refractivity contribution is 5.84. The summed E-state index contributed by atoms with van der Waals surface area (Å²) >= 11 is 0. The Bertz CT molecular complexity index is 1400. The van der Waals surface area contributed by atoms with Crippen molar-refractivity contribution in [2.24, 2.45) is 70.8 Å². The first-order chi connectivity index (χ1) is 28.1. The molecule has 0 aromatic heterocycles. The Morgan fingerprint density at radius 1 is 0.810 bits per heavy atom. The summed E-state index contributed by atoms with van der Waals surface area (Å²) in [7, 11) is 1.63. The largest absolute Gasteiger partial charge is 0.391 e. The number of nitrogens with two attached hydrogens (primary N) is 1. The van der Waals surface area contributed by atoms with Gasteiger partial charge in [-0.2, -0.15) is 0 Å². The number of nitrogens with one attached hydrogen (secondary N) is 2. The minimum Gasteiger partial charge on any atom is -0.391 e. The average molecular weight is 810 g/mol. The van der Waals surface area contributed by atoms with E-state index < -0.39 is 30.3 Å². The van der Waals surface area contributed by atoms with Crippen LogP contribution in [0, 0.1) is 76.9 Å². The molecular weight excluding hydrogens is 731 g/mol. The number of hydrogen-bond acceptors (Lipinski definition) is 10. The number of carbonyl (C=O) groups is 2. The predicted molar refractivity (Wildman–Crippen MR) is 225 cm³/mol. The third-order valence-electron chi connectivity index (χ3n) is 17.0. The number of hydrogen-bond donors (Lipinski definition) is 7. The minimum absolute atomic E-state index is 0.0230. The zero-order valence-electron chi connectivity index (χ0n) is 35.7. The molecule has 18 atom stereocenters. The van der Waals surface area contributed by atoms with Gasteiger partial charge in [-0.15, -0.1) is 0 Å². The van der Waals surface area contributed by atoms with E-state index in [1.54, 1.807) is 7.11 Å². The number of rotatable bonds is 14. The predicted octanol–water partition coefficient (Wildman–Crippen LogP) is 5.26. The Morgan fingerprint density at radius 2 is 1.60 bits per heavy atom. The molecule has 0 radical (unpaired) electrons. The zero-order chi connectivity index (χ0) is 40.8. The van der Waals surface area contributed by atoms with Crippen molar-refractivity contribution in [3.8, 4) is 11.8 Å². The number of unbranched alkanes of at least 4 members (excludes halogenated alkanes) is 1. The van der Waals surface area contributed by atoms with Crippen LogP contribution in [-0.4, -0.2) is 94.9 Å². The van der Waals surface area contributed by atoms with Crippen LogP contribution in [0.5, 0.6) is 0 Å². The molecule has 7 aliphatic rings. The van der Waals surface area contributed by atoms with Crippen molar-refractivity contribution >= 4 is 11.6 Å². The van der Waals surface area contributed by atoms with Crippen molar-refractivity contribution in [1.29, 1.82) is 0 Å². The van der Waals surface area contributed by atoms with Crippen molar-refractivity contribution in [1.82, 2.24) is 10.6 Å². The third-order valence-corrected chi connectivity index (χ3v) is 17.0. The van der Waals surface area contributed by atoms with E-state index in [1.165, 1.54) is 44.9 Å². The molecule has 8 N–H and O–H groups in total. The molecule has 10 nitrogen and oxygen atoms in total. The van der Waals surface area contributed by atoms with Crippen LogP contribution in [-0.2, 0) is 14.3 Å². The molecule has 0 aromatic rings. The number of aliphatic hydroxyl groups is 4. The number of carbonyl (C=O) groups excluding carboxylic acids is 2. The molecule has 2 saturated heterocycles. The Labute approximate surface area is 349 Å². The van der Waals surface area contributed by atoms with Gasteiger partial charge in [0.25, 0.3) is 0 Å². The fraction of sp³-hybridized carbons (Fsp3) is 0.917. The van der Waals surface area contributed by atoms with Crippen molar-refractivity contribution in [2.75, 3.05) is 20.2 Å². The van der Waals surface area contributed by atoms with E-state index in [-0.39, 0.29) is 42.2 Å². The van der Waals surface area contributed by atoms with Gasteiger partial charge in [0, 0.05) is 38.3 Å². The van der Waals surface area contributed by atoms with Gasteiger partial charge in [0.1, 0.15) is 17.5 Å². The second-order valence-corrected chi connectivity index (χ2v) is 20.6. The van der Waals surface area contributed by atoms with Crippen molar-refractivity contribution in [2.45, 2.75) is 190 Å². The van der Waals surface area contributed by atoms with Crippen LogP contribution in [0.15, 0.2) is 0 Å². The van der Waals surface area contributed by atoms with Crippen LogP contribution in [0.2, 0.25) is 0 Å². The van der Waals surface area contributed by atoms with E-state index in [0.717, 1.165) is 69.9 Å². The van der Waals surface area contributed by atoms with Crippen molar-refractivity contribution in [3.63, 3.8) is 0 Å². The monoisotopic (exact) mass is 810 g/mol. The summed E-state index contributed by atoms with van der Waals surface area (Å²) in [6.07, 6.45) is 17.1. The molecule has 328 valence electrons. The van der Waals surface area contributed by atoms with Crippen LogP contribution in [0.25, 0.3) is 0 Å². The van der Waals surface area contributed by atoms with E-state index in [4.69, 9.17) is 10.5 Å². The van der Waals surface area contributed by atoms with E-state index in [2.05, 4.69) is 22.5 Å². The molecule has 5 aliphatic carbocycles.